The van der Waals surface area contributed by atoms with E-state index >= 15 is 0 Å². The number of benzene rings is 1. The standard InChI is InChI=1S/C18H31NO2/c1-14(2)11-17(12-15(3)4)19-16-7-6-8-18(13-16)21-10-9-20-5/h6-8,13-15,17,19H,9-12H2,1-5H3. The zero-order valence-corrected chi connectivity index (χ0v) is 14.2. The van der Waals surface area contributed by atoms with Crippen molar-refractivity contribution in [2.75, 3.05) is 25.6 Å². The van der Waals surface area contributed by atoms with Gasteiger partial charge in [-0.3, -0.25) is 0 Å². The van der Waals surface area contributed by atoms with E-state index in [9.17, 15) is 0 Å². The summed E-state index contributed by atoms with van der Waals surface area (Å²) in [5.74, 6) is 2.29. The molecular weight excluding hydrogens is 262 g/mol. The molecule has 0 aliphatic heterocycles. The van der Waals surface area contributed by atoms with Gasteiger partial charge in [0.2, 0.25) is 0 Å². The lowest BCUT2D eigenvalue weighted by molar-refractivity contribution is 0.146. The maximum absolute atomic E-state index is 5.67. The molecule has 0 spiro atoms. The van der Waals surface area contributed by atoms with Crippen molar-refractivity contribution >= 4 is 5.69 Å². The van der Waals surface area contributed by atoms with E-state index in [2.05, 4.69) is 45.1 Å². The highest BCUT2D eigenvalue weighted by molar-refractivity contribution is 5.48. The summed E-state index contributed by atoms with van der Waals surface area (Å²) in [5, 5.41) is 3.66. The van der Waals surface area contributed by atoms with Crippen molar-refractivity contribution in [2.45, 2.75) is 46.6 Å². The van der Waals surface area contributed by atoms with Crippen LogP contribution in [-0.4, -0.2) is 26.4 Å². The van der Waals surface area contributed by atoms with Crippen molar-refractivity contribution in [2.24, 2.45) is 11.8 Å². The Morgan fingerprint density at radius 1 is 1.00 bits per heavy atom. The third-order valence-electron chi connectivity index (χ3n) is 3.27. The number of rotatable bonds is 10. The van der Waals surface area contributed by atoms with Crippen molar-refractivity contribution in [3.8, 4) is 5.75 Å². The molecule has 1 N–H and O–H groups in total. The number of hydrogen-bond donors (Lipinski definition) is 1. The molecule has 0 aliphatic carbocycles. The van der Waals surface area contributed by atoms with Gasteiger partial charge in [-0.25, -0.2) is 0 Å². The molecule has 0 amide bonds. The van der Waals surface area contributed by atoms with E-state index in [-0.39, 0.29) is 0 Å². The summed E-state index contributed by atoms with van der Waals surface area (Å²) in [6, 6.07) is 8.71. The van der Waals surface area contributed by atoms with E-state index in [0.29, 0.717) is 31.1 Å². The van der Waals surface area contributed by atoms with E-state index in [1.807, 2.05) is 12.1 Å². The summed E-state index contributed by atoms with van der Waals surface area (Å²) < 4.78 is 10.7. The fraction of sp³-hybridized carbons (Fsp3) is 0.667. The molecule has 0 atom stereocenters. The molecule has 1 aromatic rings. The maximum Gasteiger partial charge on any atom is 0.121 e. The zero-order chi connectivity index (χ0) is 15.7. The van der Waals surface area contributed by atoms with Gasteiger partial charge in [-0.1, -0.05) is 33.8 Å². The van der Waals surface area contributed by atoms with E-state index in [1.54, 1.807) is 7.11 Å². The lowest BCUT2D eigenvalue weighted by atomic mass is 9.95. The van der Waals surface area contributed by atoms with Crippen LogP contribution in [0.15, 0.2) is 24.3 Å². The molecule has 1 rings (SSSR count). The normalized spacial score (nSPS) is 11.4. The van der Waals surface area contributed by atoms with Crippen molar-refractivity contribution in [1.29, 1.82) is 0 Å². The van der Waals surface area contributed by atoms with Crippen molar-refractivity contribution in [3.63, 3.8) is 0 Å². The third-order valence-corrected chi connectivity index (χ3v) is 3.27. The highest BCUT2D eigenvalue weighted by atomic mass is 16.5. The maximum atomic E-state index is 5.67. The first-order valence-corrected chi connectivity index (χ1v) is 7.99. The highest BCUT2D eigenvalue weighted by Crippen LogP contribution is 2.22. The summed E-state index contributed by atoms with van der Waals surface area (Å²) in [5.41, 5.74) is 1.14. The second-order valence-electron chi connectivity index (χ2n) is 6.47. The van der Waals surface area contributed by atoms with Crippen LogP contribution in [0, 0.1) is 11.8 Å². The Morgan fingerprint density at radius 3 is 2.24 bits per heavy atom. The predicted molar refractivity (Wildman–Crippen MR) is 90.1 cm³/mol. The van der Waals surface area contributed by atoms with Crippen LogP contribution in [0.25, 0.3) is 0 Å². The molecule has 1 aromatic carbocycles. The lowest BCUT2D eigenvalue weighted by Crippen LogP contribution is -2.23. The molecule has 0 saturated heterocycles. The number of nitrogens with one attached hydrogen (secondary N) is 1. The largest absolute Gasteiger partial charge is 0.491 e. The van der Waals surface area contributed by atoms with Gasteiger partial charge in [-0.2, -0.15) is 0 Å². The summed E-state index contributed by atoms with van der Waals surface area (Å²) >= 11 is 0. The number of anilines is 1. The number of methoxy groups -OCH3 is 1. The Balaban J connectivity index is 2.62. The minimum Gasteiger partial charge on any atom is -0.491 e. The van der Waals surface area contributed by atoms with Gasteiger partial charge in [0.05, 0.1) is 6.61 Å². The van der Waals surface area contributed by atoms with Crippen LogP contribution < -0.4 is 10.1 Å². The quantitative estimate of drug-likeness (QED) is 0.640. The van der Waals surface area contributed by atoms with Gasteiger partial charge in [-0.05, 0) is 36.8 Å². The average molecular weight is 293 g/mol. The van der Waals surface area contributed by atoms with Crippen LogP contribution in [0.1, 0.15) is 40.5 Å². The highest BCUT2D eigenvalue weighted by Gasteiger charge is 2.13. The molecule has 0 aromatic heterocycles. The van der Waals surface area contributed by atoms with Gasteiger partial charge in [0.15, 0.2) is 0 Å². The second kappa shape index (κ2) is 9.67. The first kappa shape index (κ1) is 17.8. The molecule has 120 valence electrons. The smallest absolute Gasteiger partial charge is 0.121 e. The molecule has 0 aliphatic rings. The molecule has 0 saturated carbocycles. The minimum atomic E-state index is 0.513. The summed E-state index contributed by atoms with van der Waals surface area (Å²) in [6.07, 6.45) is 2.37. The molecule has 0 heterocycles. The molecule has 21 heavy (non-hydrogen) atoms. The topological polar surface area (TPSA) is 30.5 Å². The van der Waals surface area contributed by atoms with Crippen LogP contribution in [0.5, 0.6) is 5.75 Å². The van der Waals surface area contributed by atoms with Crippen molar-refractivity contribution in [3.05, 3.63) is 24.3 Å². The molecular formula is C18H31NO2. The van der Waals surface area contributed by atoms with Gasteiger partial charge in [-0.15, -0.1) is 0 Å². The predicted octanol–water partition coefficient (Wildman–Crippen LogP) is 4.58. The van der Waals surface area contributed by atoms with Crippen LogP contribution in [0.4, 0.5) is 5.69 Å². The lowest BCUT2D eigenvalue weighted by Gasteiger charge is -2.23. The summed E-state index contributed by atoms with van der Waals surface area (Å²) in [7, 11) is 1.68. The fourth-order valence-corrected chi connectivity index (χ4v) is 2.51. The van der Waals surface area contributed by atoms with E-state index in [4.69, 9.17) is 9.47 Å². The SMILES string of the molecule is COCCOc1cccc(NC(CC(C)C)CC(C)C)c1. The minimum absolute atomic E-state index is 0.513. The van der Waals surface area contributed by atoms with Crippen LogP contribution in [0.3, 0.4) is 0 Å². The van der Waals surface area contributed by atoms with Crippen LogP contribution >= 0.6 is 0 Å². The van der Waals surface area contributed by atoms with Crippen molar-refractivity contribution in [1.82, 2.24) is 0 Å². The zero-order valence-electron chi connectivity index (χ0n) is 14.2. The van der Waals surface area contributed by atoms with Gasteiger partial charge < -0.3 is 14.8 Å². The van der Waals surface area contributed by atoms with Crippen LogP contribution in [-0.2, 0) is 4.74 Å². The molecule has 0 bridgehead atoms. The number of ether oxygens (including phenoxy) is 2. The van der Waals surface area contributed by atoms with Crippen molar-refractivity contribution < 1.29 is 9.47 Å². The first-order chi connectivity index (χ1) is 10.0. The fourth-order valence-electron chi connectivity index (χ4n) is 2.51. The van der Waals surface area contributed by atoms with E-state index < -0.39 is 0 Å². The Kier molecular flexibility index (Phi) is 8.21. The van der Waals surface area contributed by atoms with Gasteiger partial charge in [0, 0.05) is 24.9 Å². The second-order valence-corrected chi connectivity index (χ2v) is 6.47. The molecule has 0 radical (unpaired) electrons. The monoisotopic (exact) mass is 293 g/mol. The molecule has 3 heteroatoms. The Hall–Kier alpha value is -1.22. The third kappa shape index (κ3) is 7.96. The number of hydrogen-bond acceptors (Lipinski definition) is 3. The van der Waals surface area contributed by atoms with Crippen LogP contribution in [0.2, 0.25) is 0 Å². The Morgan fingerprint density at radius 2 is 1.67 bits per heavy atom. The van der Waals surface area contributed by atoms with E-state index in [1.165, 1.54) is 12.8 Å². The van der Waals surface area contributed by atoms with Gasteiger partial charge in [0.1, 0.15) is 12.4 Å². The van der Waals surface area contributed by atoms with Gasteiger partial charge in [0.25, 0.3) is 0 Å². The van der Waals surface area contributed by atoms with Gasteiger partial charge >= 0.3 is 0 Å². The Bertz CT molecular complexity index is 381. The molecule has 0 unspecified atom stereocenters. The Labute approximate surface area is 130 Å². The summed E-state index contributed by atoms with van der Waals surface area (Å²) in [6.45, 7) is 10.3. The average Bonchev–Trinajstić information content (AvgIpc) is 2.38. The molecule has 3 nitrogen and oxygen atoms in total. The first-order valence-electron chi connectivity index (χ1n) is 7.99. The summed E-state index contributed by atoms with van der Waals surface area (Å²) in [4.78, 5) is 0. The molecule has 0 fully saturated rings. The van der Waals surface area contributed by atoms with E-state index in [0.717, 1.165) is 11.4 Å².